The van der Waals surface area contributed by atoms with Crippen molar-refractivity contribution in [2.75, 3.05) is 11.8 Å². The summed E-state index contributed by atoms with van der Waals surface area (Å²) in [6, 6.07) is 5.72. The summed E-state index contributed by atoms with van der Waals surface area (Å²) < 4.78 is 40.8. The fourth-order valence-corrected chi connectivity index (χ4v) is 4.23. The molecule has 2 rings (SSSR count). The summed E-state index contributed by atoms with van der Waals surface area (Å²) in [6.45, 7) is 0.590. The van der Waals surface area contributed by atoms with Crippen molar-refractivity contribution in [1.82, 2.24) is 5.32 Å². The van der Waals surface area contributed by atoms with Crippen LogP contribution in [-0.4, -0.2) is 15.5 Å². The lowest BCUT2D eigenvalue weighted by Crippen LogP contribution is -2.13. The number of hydrogen-bond donors (Lipinski definition) is 2. The second kappa shape index (κ2) is 6.21. The molecule has 0 saturated carbocycles. The number of thiophene rings is 1. The third kappa shape index (κ3) is 3.57. The van der Waals surface area contributed by atoms with Gasteiger partial charge in [0.25, 0.3) is 10.0 Å². The highest BCUT2D eigenvalue weighted by Gasteiger charge is 2.18. The first-order valence-electron chi connectivity index (χ1n) is 5.62. The van der Waals surface area contributed by atoms with Gasteiger partial charge in [0.2, 0.25) is 0 Å². The van der Waals surface area contributed by atoms with Gasteiger partial charge in [-0.05, 0) is 31.3 Å². The summed E-state index contributed by atoms with van der Waals surface area (Å²) in [6.07, 6.45) is 0. The maximum atomic E-state index is 13.7. The third-order valence-corrected chi connectivity index (χ3v) is 5.39. The monoisotopic (exact) mass is 378 g/mol. The Morgan fingerprint density at radius 2 is 2.10 bits per heavy atom. The van der Waals surface area contributed by atoms with Crippen molar-refractivity contribution in [3.63, 3.8) is 0 Å². The van der Waals surface area contributed by atoms with Crippen LogP contribution in [0.15, 0.2) is 39.0 Å². The highest BCUT2D eigenvalue weighted by atomic mass is 79.9. The first-order valence-corrected chi connectivity index (χ1v) is 8.78. The highest BCUT2D eigenvalue weighted by Crippen LogP contribution is 2.25. The van der Waals surface area contributed by atoms with E-state index in [1.165, 1.54) is 28.8 Å². The van der Waals surface area contributed by atoms with Gasteiger partial charge < -0.3 is 5.32 Å². The number of rotatable bonds is 5. The van der Waals surface area contributed by atoms with Gasteiger partial charge in [-0.2, -0.15) is 0 Å². The Morgan fingerprint density at radius 3 is 2.75 bits per heavy atom. The van der Waals surface area contributed by atoms with Gasteiger partial charge in [0.1, 0.15) is 5.82 Å². The van der Waals surface area contributed by atoms with Crippen molar-refractivity contribution in [2.45, 2.75) is 11.4 Å². The summed E-state index contributed by atoms with van der Waals surface area (Å²) in [5.74, 6) is -0.631. The van der Waals surface area contributed by atoms with Gasteiger partial charge in [0.15, 0.2) is 0 Å². The quantitative estimate of drug-likeness (QED) is 0.839. The van der Waals surface area contributed by atoms with E-state index in [2.05, 4.69) is 26.0 Å². The molecule has 0 spiro atoms. The number of anilines is 1. The Labute approximate surface area is 129 Å². The molecule has 0 amide bonds. The van der Waals surface area contributed by atoms with Gasteiger partial charge in [0.05, 0.1) is 10.6 Å². The van der Waals surface area contributed by atoms with Gasteiger partial charge in [0, 0.05) is 21.3 Å². The molecule has 0 aliphatic carbocycles. The largest absolute Gasteiger partial charge is 0.315 e. The van der Waals surface area contributed by atoms with Gasteiger partial charge in [-0.25, -0.2) is 12.8 Å². The van der Waals surface area contributed by atoms with Crippen molar-refractivity contribution >= 4 is 43.0 Å². The first kappa shape index (κ1) is 15.4. The van der Waals surface area contributed by atoms with Crippen LogP contribution in [0.2, 0.25) is 0 Å². The fraction of sp³-hybridized carbons (Fsp3) is 0.167. The minimum absolute atomic E-state index is 0.0745. The van der Waals surface area contributed by atoms with Gasteiger partial charge in [-0.3, -0.25) is 4.72 Å². The zero-order chi connectivity index (χ0) is 14.8. The average Bonchev–Trinajstić information content (AvgIpc) is 2.83. The topological polar surface area (TPSA) is 58.2 Å². The van der Waals surface area contributed by atoms with Crippen LogP contribution in [0.4, 0.5) is 10.1 Å². The molecule has 1 heterocycles. The second-order valence-electron chi connectivity index (χ2n) is 4.01. The number of benzene rings is 1. The predicted molar refractivity (Wildman–Crippen MR) is 82.0 cm³/mol. The predicted octanol–water partition coefficient (Wildman–Crippen LogP) is 3.17. The maximum absolute atomic E-state index is 13.7. The SMILES string of the molecule is CNCc1cc(S(=O)(=O)Nc2ccc(Br)cc2F)cs1. The molecule has 0 aliphatic heterocycles. The van der Waals surface area contributed by atoms with E-state index in [0.29, 0.717) is 11.0 Å². The number of hydrogen-bond acceptors (Lipinski definition) is 4. The standard InChI is InChI=1S/C12H12BrFN2O2S2/c1-15-6-9-5-10(7-19-9)20(17,18)16-12-3-2-8(13)4-11(12)14/h2-5,7,15-16H,6H2,1H3. The molecule has 8 heteroatoms. The van der Waals surface area contributed by atoms with Crippen LogP contribution in [0.1, 0.15) is 4.88 Å². The summed E-state index contributed by atoms with van der Waals surface area (Å²) in [5, 5.41) is 4.48. The molecule has 1 aromatic heterocycles. The van der Waals surface area contributed by atoms with Crippen molar-refractivity contribution in [2.24, 2.45) is 0 Å². The van der Waals surface area contributed by atoms with Crippen LogP contribution in [0, 0.1) is 5.82 Å². The van der Waals surface area contributed by atoms with Crippen molar-refractivity contribution < 1.29 is 12.8 Å². The lowest BCUT2D eigenvalue weighted by molar-refractivity contribution is 0.598. The molecule has 1 aromatic carbocycles. The molecule has 0 unspecified atom stereocenters. The molecule has 0 atom stereocenters. The maximum Gasteiger partial charge on any atom is 0.262 e. The smallest absolute Gasteiger partial charge is 0.262 e. The Bertz CT molecular complexity index is 716. The Hall–Kier alpha value is -0.960. The number of nitrogens with one attached hydrogen (secondary N) is 2. The second-order valence-corrected chi connectivity index (χ2v) is 7.60. The lowest BCUT2D eigenvalue weighted by atomic mass is 10.3. The normalized spacial score (nSPS) is 11.6. The molecule has 0 aliphatic rings. The highest BCUT2D eigenvalue weighted by molar-refractivity contribution is 9.10. The van der Waals surface area contributed by atoms with E-state index in [9.17, 15) is 12.8 Å². The van der Waals surface area contributed by atoms with Crippen LogP contribution in [0.25, 0.3) is 0 Å². The van der Waals surface area contributed by atoms with Crippen molar-refractivity contribution in [1.29, 1.82) is 0 Å². The number of halogens is 2. The van der Waals surface area contributed by atoms with Crippen molar-refractivity contribution in [3.05, 3.63) is 44.8 Å². The Kier molecular flexibility index (Phi) is 4.79. The summed E-state index contributed by atoms with van der Waals surface area (Å²) >= 11 is 4.45. The van der Waals surface area contributed by atoms with E-state index in [4.69, 9.17) is 0 Å². The minimum Gasteiger partial charge on any atom is -0.315 e. The zero-order valence-electron chi connectivity index (χ0n) is 10.5. The summed E-state index contributed by atoms with van der Waals surface area (Å²) in [7, 11) is -1.99. The van der Waals surface area contributed by atoms with Crippen molar-refractivity contribution in [3.8, 4) is 0 Å². The van der Waals surface area contributed by atoms with Gasteiger partial charge in [-0.1, -0.05) is 15.9 Å². The zero-order valence-corrected chi connectivity index (χ0v) is 13.7. The van der Waals surface area contributed by atoms with E-state index in [1.54, 1.807) is 19.2 Å². The third-order valence-electron chi connectivity index (χ3n) is 2.47. The number of sulfonamides is 1. The molecule has 0 fully saturated rings. The van der Waals surface area contributed by atoms with E-state index < -0.39 is 15.8 Å². The first-order chi connectivity index (χ1) is 9.42. The molecule has 0 bridgehead atoms. The lowest BCUT2D eigenvalue weighted by Gasteiger charge is -2.07. The van der Waals surface area contributed by atoms with Crippen LogP contribution in [0.5, 0.6) is 0 Å². The molecule has 2 N–H and O–H groups in total. The van der Waals surface area contributed by atoms with E-state index >= 15 is 0 Å². The summed E-state index contributed by atoms with van der Waals surface area (Å²) in [5.41, 5.74) is -0.0745. The average molecular weight is 379 g/mol. The molecule has 2 aromatic rings. The molecule has 20 heavy (non-hydrogen) atoms. The van der Waals surface area contributed by atoms with Crippen LogP contribution in [0.3, 0.4) is 0 Å². The Morgan fingerprint density at radius 1 is 1.35 bits per heavy atom. The molecule has 0 radical (unpaired) electrons. The van der Waals surface area contributed by atoms with E-state index in [0.717, 1.165) is 4.88 Å². The van der Waals surface area contributed by atoms with Gasteiger partial charge >= 0.3 is 0 Å². The van der Waals surface area contributed by atoms with Crippen LogP contribution in [-0.2, 0) is 16.6 Å². The molecular formula is C12H12BrFN2O2S2. The fourth-order valence-electron chi connectivity index (χ4n) is 1.54. The molecule has 108 valence electrons. The summed E-state index contributed by atoms with van der Waals surface area (Å²) in [4.78, 5) is 1.03. The molecule has 4 nitrogen and oxygen atoms in total. The van der Waals surface area contributed by atoms with E-state index in [1.807, 2.05) is 0 Å². The molecule has 0 saturated heterocycles. The molecular weight excluding hydrogens is 367 g/mol. The van der Waals surface area contributed by atoms with Crippen LogP contribution >= 0.6 is 27.3 Å². The Balaban J connectivity index is 2.26. The van der Waals surface area contributed by atoms with Crippen LogP contribution < -0.4 is 10.0 Å². The van der Waals surface area contributed by atoms with Gasteiger partial charge in [-0.15, -0.1) is 11.3 Å². The van der Waals surface area contributed by atoms with E-state index in [-0.39, 0.29) is 10.6 Å². The minimum atomic E-state index is -3.77.